The Bertz CT molecular complexity index is 1460. The number of anilines is 1. The molecular weight excluding hydrogens is 520 g/mol. The lowest BCUT2D eigenvalue weighted by atomic mass is 9.75. The maximum Gasteiger partial charge on any atom is 0.273 e. The zero-order valence-corrected chi connectivity index (χ0v) is 23.5. The van der Waals surface area contributed by atoms with Crippen LogP contribution >= 0.6 is 23.4 Å². The Hall–Kier alpha value is -2.62. The lowest BCUT2D eigenvalue weighted by molar-refractivity contribution is -0.0876. The number of halogens is 1. The Balaban J connectivity index is 1.25. The van der Waals surface area contributed by atoms with Crippen molar-refractivity contribution in [3.8, 4) is 0 Å². The van der Waals surface area contributed by atoms with Gasteiger partial charge in [-0.25, -0.2) is 9.97 Å². The van der Waals surface area contributed by atoms with Crippen LogP contribution in [0.15, 0.2) is 29.4 Å². The third-order valence-corrected chi connectivity index (χ3v) is 9.32. The fourth-order valence-corrected chi connectivity index (χ4v) is 7.14. The van der Waals surface area contributed by atoms with Crippen molar-refractivity contribution < 1.29 is 9.53 Å². The molecule has 1 fully saturated rings. The average molecular weight is 551 g/mol. The summed E-state index contributed by atoms with van der Waals surface area (Å²) in [6.45, 7) is 2.74. The molecule has 8 nitrogen and oxygen atoms in total. The molecule has 1 amide bonds. The number of benzene rings is 1. The number of rotatable bonds is 3. The summed E-state index contributed by atoms with van der Waals surface area (Å²) < 4.78 is 8.81. The van der Waals surface area contributed by atoms with E-state index in [0.717, 1.165) is 65.3 Å². The average Bonchev–Trinajstić information content (AvgIpc) is 3.62. The van der Waals surface area contributed by atoms with Gasteiger partial charge in [-0.1, -0.05) is 29.4 Å². The summed E-state index contributed by atoms with van der Waals surface area (Å²) in [5.74, 6) is 2.18. The van der Waals surface area contributed by atoms with Gasteiger partial charge in [-0.2, -0.15) is 5.10 Å². The van der Waals surface area contributed by atoms with Crippen LogP contribution in [-0.4, -0.2) is 57.5 Å². The van der Waals surface area contributed by atoms with E-state index >= 15 is 0 Å². The van der Waals surface area contributed by atoms with Crippen LogP contribution in [0.4, 0.5) is 5.82 Å². The van der Waals surface area contributed by atoms with Crippen LogP contribution in [-0.2, 0) is 36.5 Å². The molecule has 4 aliphatic rings. The van der Waals surface area contributed by atoms with Crippen LogP contribution < -0.4 is 4.90 Å². The van der Waals surface area contributed by atoms with E-state index < -0.39 is 0 Å². The molecule has 0 N–H and O–H groups in total. The van der Waals surface area contributed by atoms with E-state index in [9.17, 15) is 4.79 Å². The maximum absolute atomic E-state index is 12.5. The Kier molecular flexibility index (Phi) is 5.76. The van der Waals surface area contributed by atoms with Crippen molar-refractivity contribution in [2.75, 3.05) is 31.8 Å². The fourth-order valence-electron chi connectivity index (χ4n) is 6.59. The highest BCUT2D eigenvalue weighted by atomic mass is 35.5. The van der Waals surface area contributed by atoms with Crippen LogP contribution in [0.5, 0.6) is 0 Å². The van der Waals surface area contributed by atoms with E-state index in [4.69, 9.17) is 26.3 Å². The number of carbonyl (C=O) groups is 1. The van der Waals surface area contributed by atoms with Crippen molar-refractivity contribution in [2.24, 2.45) is 5.92 Å². The quantitative estimate of drug-likeness (QED) is 0.347. The van der Waals surface area contributed by atoms with Crippen molar-refractivity contribution in [1.82, 2.24) is 24.6 Å². The molecule has 2 aromatic heterocycles. The second-order valence-electron chi connectivity index (χ2n) is 11.2. The Labute approximate surface area is 231 Å². The lowest BCUT2D eigenvalue weighted by Crippen LogP contribution is -2.40. The zero-order chi connectivity index (χ0) is 26.2. The molecule has 2 aliphatic carbocycles. The van der Waals surface area contributed by atoms with E-state index in [2.05, 4.69) is 22.1 Å². The molecule has 7 rings (SSSR count). The van der Waals surface area contributed by atoms with E-state index in [0.29, 0.717) is 30.7 Å². The summed E-state index contributed by atoms with van der Waals surface area (Å²) in [5, 5.41) is 6.15. The molecule has 0 bridgehead atoms. The summed E-state index contributed by atoms with van der Waals surface area (Å²) in [7, 11) is 3.51. The van der Waals surface area contributed by atoms with Crippen molar-refractivity contribution in [1.29, 1.82) is 0 Å². The van der Waals surface area contributed by atoms with Gasteiger partial charge in [0.05, 0.1) is 30.1 Å². The molecule has 1 saturated carbocycles. The van der Waals surface area contributed by atoms with Gasteiger partial charge in [0.25, 0.3) is 5.91 Å². The van der Waals surface area contributed by atoms with Crippen molar-refractivity contribution in [2.45, 2.75) is 62.1 Å². The molecule has 0 unspecified atom stereocenters. The van der Waals surface area contributed by atoms with Crippen LogP contribution in [0.1, 0.15) is 63.7 Å². The highest BCUT2D eigenvalue weighted by Crippen LogP contribution is 2.62. The number of aromatic nitrogens is 4. The molecule has 1 aromatic carbocycles. The van der Waals surface area contributed by atoms with Gasteiger partial charge in [-0.15, -0.1) is 0 Å². The highest BCUT2D eigenvalue weighted by molar-refractivity contribution is 7.98. The van der Waals surface area contributed by atoms with E-state index in [1.807, 2.05) is 23.1 Å². The third-order valence-electron chi connectivity index (χ3n) is 8.54. The molecule has 2 aliphatic heterocycles. The number of hydrogen-bond donors (Lipinski definition) is 0. The number of nitrogens with zero attached hydrogens (tertiary/aromatic N) is 6. The standard InChI is InChI=1S/C28H31ClN6O2S/c1-33(2)26(36)23-11-18-14-34(7-4-8-35(18)32-23)25-21-15-37-28(13-24(21)30-27(31-25)38-3)12-16-9-20(16)19-6-5-17(29)10-22(19)28/h5-6,10-11,16,20H,4,7-9,12-15H2,1-3H3/t16-,20-,28+/m0/s1. The number of aryl methyl sites for hydroxylation is 1. The summed E-state index contributed by atoms with van der Waals surface area (Å²) in [6, 6.07) is 8.26. The molecule has 10 heteroatoms. The summed E-state index contributed by atoms with van der Waals surface area (Å²) >= 11 is 8.06. The SMILES string of the molecule is CSc1nc2c(c(N3CCCn4nc(C(=O)N(C)C)cc4C3)n1)CO[C@@]1(C2)C[C@@H]2C[C@@H]2c2ccc(Cl)cc21. The van der Waals surface area contributed by atoms with Crippen LogP contribution in [0.2, 0.25) is 5.02 Å². The number of fused-ring (bicyclic) bond motifs is 6. The molecule has 198 valence electrons. The van der Waals surface area contributed by atoms with Gasteiger partial charge >= 0.3 is 0 Å². The Morgan fingerprint density at radius 1 is 1.24 bits per heavy atom. The third kappa shape index (κ3) is 3.93. The molecule has 3 atom stereocenters. The summed E-state index contributed by atoms with van der Waals surface area (Å²) in [5.41, 5.74) is 5.93. The van der Waals surface area contributed by atoms with Crippen LogP contribution in [0.3, 0.4) is 0 Å². The maximum atomic E-state index is 12.5. The van der Waals surface area contributed by atoms with Crippen molar-refractivity contribution in [3.63, 3.8) is 0 Å². The van der Waals surface area contributed by atoms with Gasteiger partial charge in [0.1, 0.15) is 5.82 Å². The number of ether oxygens (including phenoxy) is 1. The molecule has 3 aromatic rings. The predicted molar refractivity (Wildman–Crippen MR) is 147 cm³/mol. The van der Waals surface area contributed by atoms with E-state index in [-0.39, 0.29) is 11.5 Å². The van der Waals surface area contributed by atoms with Gasteiger partial charge < -0.3 is 14.5 Å². The van der Waals surface area contributed by atoms with Gasteiger partial charge in [-0.3, -0.25) is 9.48 Å². The molecular formula is C28H31ClN6O2S. The summed E-state index contributed by atoms with van der Waals surface area (Å²) in [4.78, 5) is 26.5. The number of amides is 1. The molecule has 1 spiro atoms. The van der Waals surface area contributed by atoms with E-state index in [1.54, 1.807) is 30.8 Å². The van der Waals surface area contributed by atoms with Gasteiger partial charge in [0.2, 0.25) is 0 Å². The monoisotopic (exact) mass is 550 g/mol. The predicted octanol–water partition coefficient (Wildman–Crippen LogP) is 4.64. The van der Waals surface area contributed by atoms with Gasteiger partial charge in [-0.05, 0) is 66.7 Å². The minimum Gasteiger partial charge on any atom is -0.365 e. The molecule has 38 heavy (non-hydrogen) atoms. The van der Waals surface area contributed by atoms with Crippen LogP contribution in [0.25, 0.3) is 0 Å². The second-order valence-corrected chi connectivity index (χ2v) is 12.4. The molecule has 4 heterocycles. The number of hydrogen-bond acceptors (Lipinski definition) is 7. The summed E-state index contributed by atoms with van der Waals surface area (Å²) in [6.07, 6.45) is 5.93. The number of carbonyl (C=O) groups excluding carboxylic acids is 1. The first-order valence-corrected chi connectivity index (χ1v) is 14.9. The van der Waals surface area contributed by atoms with Gasteiger partial charge in [0, 0.05) is 44.2 Å². The first kappa shape index (κ1) is 24.4. The van der Waals surface area contributed by atoms with Crippen LogP contribution in [0, 0.1) is 5.92 Å². The fraction of sp³-hybridized carbons (Fsp3) is 0.500. The minimum atomic E-state index is -0.384. The lowest BCUT2D eigenvalue weighted by Gasteiger charge is -2.42. The Morgan fingerprint density at radius 3 is 2.92 bits per heavy atom. The molecule has 0 radical (unpaired) electrons. The minimum absolute atomic E-state index is 0.0781. The Morgan fingerprint density at radius 2 is 2.11 bits per heavy atom. The van der Waals surface area contributed by atoms with Crippen molar-refractivity contribution >= 4 is 35.1 Å². The smallest absolute Gasteiger partial charge is 0.273 e. The molecule has 0 saturated heterocycles. The first-order chi connectivity index (χ1) is 18.3. The first-order valence-electron chi connectivity index (χ1n) is 13.3. The normalized spacial score (nSPS) is 25.2. The largest absolute Gasteiger partial charge is 0.365 e. The van der Waals surface area contributed by atoms with Crippen molar-refractivity contribution in [3.05, 3.63) is 63.1 Å². The highest BCUT2D eigenvalue weighted by Gasteiger charge is 2.54. The van der Waals surface area contributed by atoms with E-state index in [1.165, 1.54) is 17.5 Å². The zero-order valence-electron chi connectivity index (χ0n) is 21.9. The number of thioether (sulfide) groups is 1. The van der Waals surface area contributed by atoms with Gasteiger partial charge in [0.15, 0.2) is 10.9 Å². The second kappa shape index (κ2) is 8.96. The topological polar surface area (TPSA) is 76.4 Å².